The van der Waals surface area contributed by atoms with Crippen molar-refractivity contribution in [2.45, 2.75) is 0 Å². The summed E-state index contributed by atoms with van der Waals surface area (Å²) in [6.45, 7) is -0.106. The second-order valence-electron chi connectivity index (χ2n) is 4.04. The number of hydrogen-bond acceptors (Lipinski definition) is 2. The van der Waals surface area contributed by atoms with Gasteiger partial charge in [-0.25, -0.2) is 8.78 Å². The number of carbonyl (C=O) groups is 1. The van der Waals surface area contributed by atoms with Crippen LogP contribution < -0.4 is 10.6 Å². The summed E-state index contributed by atoms with van der Waals surface area (Å²) in [6.07, 6.45) is 0. The zero-order valence-corrected chi connectivity index (χ0v) is 11.0. The number of rotatable bonds is 4. The Morgan fingerprint density at radius 2 is 1.95 bits per heavy atom. The summed E-state index contributed by atoms with van der Waals surface area (Å²) in [4.78, 5) is 11.6. The molecule has 2 N–H and O–H groups in total. The summed E-state index contributed by atoms with van der Waals surface area (Å²) >= 11 is 5.61. The Labute approximate surface area is 119 Å². The van der Waals surface area contributed by atoms with E-state index in [0.29, 0.717) is 5.69 Å². The van der Waals surface area contributed by atoms with Gasteiger partial charge in [0, 0.05) is 10.7 Å². The molecule has 0 aliphatic carbocycles. The highest BCUT2D eigenvalue weighted by atomic mass is 35.5. The number of nitrogens with one attached hydrogen (secondary N) is 2. The van der Waals surface area contributed by atoms with Gasteiger partial charge in [0.05, 0.1) is 12.2 Å². The van der Waals surface area contributed by atoms with Gasteiger partial charge in [-0.1, -0.05) is 17.7 Å². The van der Waals surface area contributed by atoms with E-state index in [-0.39, 0.29) is 17.3 Å². The molecule has 2 aromatic rings. The fourth-order valence-corrected chi connectivity index (χ4v) is 1.72. The molecule has 6 heteroatoms. The van der Waals surface area contributed by atoms with Crippen LogP contribution in [0.15, 0.2) is 42.5 Å². The van der Waals surface area contributed by atoms with E-state index in [4.69, 9.17) is 11.6 Å². The van der Waals surface area contributed by atoms with Gasteiger partial charge in [0.1, 0.15) is 11.6 Å². The second kappa shape index (κ2) is 6.34. The number of amides is 1. The number of anilines is 2. The molecule has 0 heterocycles. The van der Waals surface area contributed by atoms with Gasteiger partial charge in [0.25, 0.3) is 0 Å². The van der Waals surface area contributed by atoms with E-state index in [1.807, 2.05) is 0 Å². The van der Waals surface area contributed by atoms with E-state index in [9.17, 15) is 13.6 Å². The molecule has 1 amide bonds. The van der Waals surface area contributed by atoms with Crippen molar-refractivity contribution in [3.8, 4) is 0 Å². The quantitative estimate of drug-likeness (QED) is 0.904. The highest BCUT2D eigenvalue weighted by Crippen LogP contribution is 2.18. The first kappa shape index (κ1) is 14.3. The Kier molecular flexibility index (Phi) is 4.53. The lowest BCUT2D eigenvalue weighted by molar-refractivity contribution is -0.114. The SMILES string of the molecule is O=C(CNc1cccc(F)c1)Nc1ccc(Cl)cc1F. The van der Waals surface area contributed by atoms with Crippen LogP contribution >= 0.6 is 11.6 Å². The van der Waals surface area contributed by atoms with Crippen LogP contribution in [-0.2, 0) is 4.79 Å². The molecule has 3 nitrogen and oxygen atoms in total. The fourth-order valence-electron chi connectivity index (χ4n) is 1.57. The average Bonchev–Trinajstić information content (AvgIpc) is 2.40. The first-order valence-corrected chi connectivity index (χ1v) is 6.17. The zero-order valence-electron chi connectivity index (χ0n) is 10.3. The first-order chi connectivity index (χ1) is 9.54. The first-order valence-electron chi connectivity index (χ1n) is 5.79. The Hall–Kier alpha value is -2.14. The molecule has 0 atom stereocenters. The van der Waals surface area contributed by atoms with Crippen LogP contribution in [-0.4, -0.2) is 12.5 Å². The Morgan fingerprint density at radius 3 is 2.65 bits per heavy atom. The van der Waals surface area contributed by atoms with E-state index in [2.05, 4.69) is 10.6 Å². The number of halogens is 3. The van der Waals surface area contributed by atoms with Gasteiger partial charge in [-0.05, 0) is 36.4 Å². The van der Waals surface area contributed by atoms with Crippen LogP contribution in [0.25, 0.3) is 0 Å². The topological polar surface area (TPSA) is 41.1 Å². The summed E-state index contributed by atoms with van der Waals surface area (Å²) in [5.74, 6) is -1.47. The summed E-state index contributed by atoms with van der Waals surface area (Å²) in [5, 5.41) is 5.38. The van der Waals surface area contributed by atoms with Crippen molar-refractivity contribution < 1.29 is 13.6 Å². The van der Waals surface area contributed by atoms with Crippen molar-refractivity contribution in [2.75, 3.05) is 17.2 Å². The van der Waals surface area contributed by atoms with Gasteiger partial charge in [-0.15, -0.1) is 0 Å². The molecule has 0 aliphatic heterocycles. The van der Waals surface area contributed by atoms with Crippen LogP contribution in [0.3, 0.4) is 0 Å². The maximum absolute atomic E-state index is 13.5. The number of benzene rings is 2. The third kappa shape index (κ3) is 3.93. The maximum Gasteiger partial charge on any atom is 0.243 e. The minimum Gasteiger partial charge on any atom is -0.376 e. The van der Waals surface area contributed by atoms with Crippen LogP contribution in [0.1, 0.15) is 0 Å². The van der Waals surface area contributed by atoms with Crippen molar-refractivity contribution in [1.29, 1.82) is 0 Å². The molecule has 20 heavy (non-hydrogen) atoms. The monoisotopic (exact) mass is 296 g/mol. The molecule has 0 spiro atoms. The highest BCUT2D eigenvalue weighted by molar-refractivity contribution is 6.30. The molecule has 0 saturated heterocycles. The van der Waals surface area contributed by atoms with Gasteiger partial charge in [-0.2, -0.15) is 0 Å². The third-order valence-electron chi connectivity index (χ3n) is 2.48. The second-order valence-corrected chi connectivity index (χ2v) is 4.47. The lowest BCUT2D eigenvalue weighted by Gasteiger charge is -2.08. The molecular formula is C14H11ClF2N2O. The lowest BCUT2D eigenvalue weighted by atomic mass is 10.3. The fraction of sp³-hybridized carbons (Fsp3) is 0.0714. The van der Waals surface area contributed by atoms with Crippen molar-refractivity contribution in [1.82, 2.24) is 0 Å². The number of carbonyl (C=O) groups excluding carboxylic acids is 1. The smallest absolute Gasteiger partial charge is 0.243 e. The molecule has 104 valence electrons. The normalized spacial score (nSPS) is 10.2. The van der Waals surface area contributed by atoms with Gasteiger partial charge in [0.15, 0.2) is 0 Å². The molecule has 0 unspecified atom stereocenters. The van der Waals surface area contributed by atoms with Crippen LogP contribution in [0.4, 0.5) is 20.2 Å². The summed E-state index contributed by atoms with van der Waals surface area (Å²) in [5.41, 5.74) is 0.511. The van der Waals surface area contributed by atoms with E-state index >= 15 is 0 Å². The van der Waals surface area contributed by atoms with E-state index in [1.54, 1.807) is 6.07 Å². The van der Waals surface area contributed by atoms with E-state index < -0.39 is 17.5 Å². The van der Waals surface area contributed by atoms with Gasteiger partial charge >= 0.3 is 0 Å². The summed E-state index contributed by atoms with van der Waals surface area (Å²) < 4.78 is 26.4. The molecule has 0 bridgehead atoms. The van der Waals surface area contributed by atoms with Crippen LogP contribution in [0, 0.1) is 11.6 Å². The highest BCUT2D eigenvalue weighted by Gasteiger charge is 2.07. The minimum atomic E-state index is -0.614. The molecule has 0 fully saturated rings. The predicted molar refractivity (Wildman–Crippen MR) is 74.9 cm³/mol. The van der Waals surface area contributed by atoms with Crippen molar-refractivity contribution in [2.24, 2.45) is 0 Å². The maximum atomic E-state index is 13.5. The van der Waals surface area contributed by atoms with Gasteiger partial charge < -0.3 is 10.6 Å². The summed E-state index contributed by atoms with van der Waals surface area (Å²) in [7, 11) is 0. The lowest BCUT2D eigenvalue weighted by Crippen LogP contribution is -2.22. The van der Waals surface area contributed by atoms with Crippen LogP contribution in [0.5, 0.6) is 0 Å². The van der Waals surface area contributed by atoms with Crippen molar-refractivity contribution >= 4 is 28.9 Å². The standard InChI is InChI=1S/C14H11ClF2N2O/c15-9-4-5-13(12(17)6-9)19-14(20)8-18-11-3-1-2-10(16)7-11/h1-7,18H,8H2,(H,19,20). The summed E-state index contributed by atoms with van der Waals surface area (Å²) in [6, 6.07) is 9.66. The zero-order chi connectivity index (χ0) is 14.5. The van der Waals surface area contributed by atoms with E-state index in [0.717, 1.165) is 6.07 Å². The largest absolute Gasteiger partial charge is 0.376 e. The minimum absolute atomic E-state index is 0.0421. The molecule has 0 aromatic heterocycles. The average molecular weight is 297 g/mol. The Morgan fingerprint density at radius 1 is 1.15 bits per heavy atom. The predicted octanol–water partition coefficient (Wildman–Crippen LogP) is 3.67. The molecular weight excluding hydrogens is 286 g/mol. The van der Waals surface area contributed by atoms with E-state index in [1.165, 1.54) is 30.3 Å². The van der Waals surface area contributed by atoms with Crippen LogP contribution in [0.2, 0.25) is 5.02 Å². The van der Waals surface area contributed by atoms with Crippen molar-refractivity contribution in [3.63, 3.8) is 0 Å². The molecule has 2 aromatic carbocycles. The Balaban J connectivity index is 1.92. The molecule has 0 radical (unpaired) electrons. The molecule has 0 aliphatic rings. The molecule has 2 rings (SSSR count). The van der Waals surface area contributed by atoms with Crippen molar-refractivity contribution in [3.05, 3.63) is 59.1 Å². The number of hydrogen-bond donors (Lipinski definition) is 2. The third-order valence-corrected chi connectivity index (χ3v) is 2.72. The van der Waals surface area contributed by atoms with Gasteiger partial charge in [-0.3, -0.25) is 4.79 Å². The Bertz CT molecular complexity index is 634. The molecule has 0 saturated carbocycles. The van der Waals surface area contributed by atoms with Gasteiger partial charge in [0.2, 0.25) is 5.91 Å².